The molecule has 0 saturated heterocycles. The number of nitrogen functional groups attached to an aromatic ring is 1. The third-order valence-electron chi connectivity index (χ3n) is 2.74. The van der Waals surface area contributed by atoms with Crippen LogP contribution >= 0.6 is 0 Å². The Kier molecular flexibility index (Phi) is 2.71. The zero-order valence-electron chi connectivity index (χ0n) is 10.3. The van der Waals surface area contributed by atoms with Crippen molar-refractivity contribution in [2.24, 2.45) is 0 Å². The van der Waals surface area contributed by atoms with Crippen LogP contribution in [0.25, 0.3) is 11.0 Å². The molecule has 0 aliphatic heterocycles. The number of fused-ring (bicyclic) bond motifs is 1. The Labute approximate surface area is 108 Å². The second-order valence-corrected chi connectivity index (χ2v) is 4.11. The van der Waals surface area contributed by atoms with Crippen LogP contribution in [0.2, 0.25) is 0 Å². The Balaban J connectivity index is 1.86. The highest BCUT2D eigenvalue weighted by atomic mass is 16.6. The number of nitrogens with zero attached hydrogens (tertiary/aromatic N) is 4. The highest BCUT2D eigenvalue weighted by molar-refractivity contribution is 5.94. The highest BCUT2D eigenvalue weighted by Gasteiger charge is 2.09. The molecule has 3 rings (SSSR count). The van der Waals surface area contributed by atoms with Gasteiger partial charge in [0, 0.05) is 6.20 Å². The highest BCUT2D eigenvalue weighted by Crippen LogP contribution is 2.25. The predicted molar refractivity (Wildman–Crippen MR) is 70.3 cm³/mol. The average Bonchev–Trinajstić information content (AvgIpc) is 2.88. The largest absolute Gasteiger partial charge is 0.397 e. The summed E-state index contributed by atoms with van der Waals surface area (Å²) in [6, 6.07) is 5.46. The Morgan fingerprint density at radius 3 is 2.89 bits per heavy atom. The normalized spacial score (nSPS) is 10.8. The summed E-state index contributed by atoms with van der Waals surface area (Å²) in [6.07, 6.45) is 1.73. The van der Waals surface area contributed by atoms with Crippen molar-refractivity contribution >= 4 is 22.4 Å². The van der Waals surface area contributed by atoms with Crippen LogP contribution in [0.15, 0.2) is 29.0 Å². The van der Waals surface area contributed by atoms with Crippen LogP contribution in [-0.4, -0.2) is 20.3 Å². The third-order valence-corrected chi connectivity index (χ3v) is 2.74. The number of hydrogen-bond acceptors (Lipinski definition) is 7. The molecule has 3 N–H and O–H groups in total. The smallest absolute Gasteiger partial charge is 0.160 e. The molecule has 0 saturated carbocycles. The van der Waals surface area contributed by atoms with E-state index in [9.17, 15) is 0 Å². The SMILES string of the molecule is Cc1nccc(CNc2ccc(N)c3nonc23)n1. The maximum Gasteiger partial charge on any atom is 0.160 e. The monoisotopic (exact) mass is 256 g/mol. The van der Waals surface area contributed by atoms with E-state index in [0.717, 1.165) is 17.2 Å². The standard InChI is InChI=1S/C12H12N6O/c1-7-14-5-4-8(16-7)6-15-10-3-2-9(13)11-12(10)18-19-17-11/h2-5,15H,6,13H2,1H3. The fourth-order valence-electron chi connectivity index (χ4n) is 1.82. The number of aromatic nitrogens is 4. The summed E-state index contributed by atoms with van der Waals surface area (Å²) in [5.41, 5.74) is 9.21. The molecule has 0 unspecified atom stereocenters. The number of anilines is 2. The van der Waals surface area contributed by atoms with Crippen molar-refractivity contribution in [3.05, 3.63) is 35.9 Å². The lowest BCUT2D eigenvalue weighted by Gasteiger charge is -2.06. The van der Waals surface area contributed by atoms with E-state index >= 15 is 0 Å². The van der Waals surface area contributed by atoms with Gasteiger partial charge in [-0.15, -0.1) is 0 Å². The van der Waals surface area contributed by atoms with Crippen molar-refractivity contribution in [2.45, 2.75) is 13.5 Å². The molecule has 0 atom stereocenters. The fourth-order valence-corrected chi connectivity index (χ4v) is 1.82. The predicted octanol–water partition coefficient (Wildman–Crippen LogP) is 1.52. The van der Waals surface area contributed by atoms with E-state index in [1.54, 1.807) is 12.3 Å². The maximum atomic E-state index is 5.79. The Morgan fingerprint density at radius 2 is 2.05 bits per heavy atom. The first-order chi connectivity index (χ1) is 9.24. The van der Waals surface area contributed by atoms with Gasteiger partial charge >= 0.3 is 0 Å². The van der Waals surface area contributed by atoms with Crippen molar-refractivity contribution in [2.75, 3.05) is 11.1 Å². The quantitative estimate of drug-likeness (QED) is 0.684. The number of nitrogens with two attached hydrogens (primary N) is 1. The van der Waals surface area contributed by atoms with Gasteiger partial charge in [0.05, 0.1) is 23.6 Å². The first-order valence-electron chi connectivity index (χ1n) is 5.77. The van der Waals surface area contributed by atoms with Crippen molar-refractivity contribution in [3.8, 4) is 0 Å². The molecule has 0 aliphatic carbocycles. The Morgan fingerprint density at radius 1 is 1.21 bits per heavy atom. The topological polar surface area (TPSA) is 103 Å². The fraction of sp³-hybridized carbons (Fsp3) is 0.167. The molecule has 96 valence electrons. The van der Waals surface area contributed by atoms with Gasteiger partial charge in [0.25, 0.3) is 0 Å². The van der Waals surface area contributed by atoms with Gasteiger partial charge in [-0.1, -0.05) is 0 Å². The molecule has 7 nitrogen and oxygen atoms in total. The van der Waals surface area contributed by atoms with Gasteiger partial charge in [0.15, 0.2) is 11.0 Å². The van der Waals surface area contributed by atoms with Crippen LogP contribution in [0.4, 0.5) is 11.4 Å². The summed E-state index contributed by atoms with van der Waals surface area (Å²) < 4.78 is 4.71. The molecular weight excluding hydrogens is 244 g/mol. The van der Waals surface area contributed by atoms with Crippen molar-refractivity contribution in [1.29, 1.82) is 0 Å². The van der Waals surface area contributed by atoms with E-state index in [4.69, 9.17) is 10.4 Å². The number of rotatable bonds is 3. The number of aryl methyl sites for hydroxylation is 1. The van der Waals surface area contributed by atoms with Crippen LogP contribution in [0.3, 0.4) is 0 Å². The minimum atomic E-state index is 0.541. The van der Waals surface area contributed by atoms with E-state index < -0.39 is 0 Å². The van der Waals surface area contributed by atoms with Gasteiger partial charge in [0.2, 0.25) is 0 Å². The molecule has 2 heterocycles. The van der Waals surface area contributed by atoms with Crippen LogP contribution < -0.4 is 11.1 Å². The molecule has 0 spiro atoms. The molecule has 0 fully saturated rings. The van der Waals surface area contributed by atoms with Crippen LogP contribution in [-0.2, 0) is 6.54 Å². The van der Waals surface area contributed by atoms with E-state index in [-0.39, 0.29) is 0 Å². The second-order valence-electron chi connectivity index (χ2n) is 4.11. The van der Waals surface area contributed by atoms with Crippen LogP contribution in [0.5, 0.6) is 0 Å². The van der Waals surface area contributed by atoms with Gasteiger partial charge < -0.3 is 11.1 Å². The summed E-state index contributed by atoms with van der Waals surface area (Å²) in [5, 5.41) is 10.9. The van der Waals surface area contributed by atoms with E-state index in [2.05, 4.69) is 25.6 Å². The van der Waals surface area contributed by atoms with Gasteiger partial charge in [0.1, 0.15) is 5.82 Å². The molecule has 1 aromatic carbocycles. The molecule has 0 aliphatic rings. The van der Waals surface area contributed by atoms with E-state index in [0.29, 0.717) is 23.3 Å². The zero-order valence-corrected chi connectivity index (χ0v) is 10.3. The number of benzene rings is 1. The van der Waals surface area contributed by atoms with Gasteiger partial charge in [-0.25, -0.2) is 14.6 Å². The molecular formula is C12H12N6O. The lowest BCUT2D eigenvalue weighted by Crippen LogP contribution is -2.04. The summed E-state index contributed by atoms with van der Waals surface area (Å²) in [6.45, 7) is 2.42. The summed E-state index contributed by atoms with van der Waals surface area (Å²) in [7, 11) is 0. The molecule has 0 bridgehead atoms. The molecule has 2 aromatic heterocycles. The summed E-state index contributed by atoms with van der Waals surface area (Å²) >= 11 is 0. The molecule has 19 heavy (non-hydrogen) atoms. The van der Waals surface area contributed by atoms with Crippen LogP contribution in [0.1, 0.15) is 11.5 Å². The average molecular weight is 256 g/mol. The van der Waals surface area contributed by atoms with E-state index in [1.165, 1.54) is 0 Å². The minimum Gasteiger partial charge on any atom is -0.397 e. The third kappa shape index (κ3) is 2.17. The van der Waals surface area contributed by atoms with Gasteiger partial charge in [-0.05, 0) is 35.4 Å². The Hall–Kier alpha value is -2.70. The van der Waals surface area contributed by atoms with E-state index in [1.807, 2.05) is 19.1 Å². The maximum absolute atomic E-state index is 5.79. The lowest BCUT2D eigenvalue weighted by atomic mass is 10.2. The molecule has 3 aromatic rings. The van der Waals surface area contributed by atoms with Gasteiger partial charge in [-0.2, -0.15) is 0 Å². The molecule has 0 amide bonds. The summed E-state index contributed by atoms with van der Waals surface area (Å²) in [4.78, 5) is 8.37. The zero-order chi connectivity index (χ0) is 13.2. The minimum absolute atomic E-state index is 0.541. The van der Waals surface area contributed by atoms with Crippen molar-refractivity contribution in [1.82, 2.24) is 20.3 Å². The first-order valence-corrected chi connectivity index (χ1v) is 5.77. The van der Waals surface area contributed by atoms with Gasteiger partial charge in [-0.3, -0.25) is 0 Å². The second kappa shape index (κ2) is 4.52. The van der Waals surface area contributed by atoms with Crippen LogP contribution in [0, 0.1) is 6.92 Å². The number of hydrogen-bond donors (Lipinski definition) is 2. The molecule has 0 radical (unpaired) electrons. The number of nitrogens with one attached hydrogen (secondary N) is 1. The lowest BCUT2D eigenvalue weighted by molar-refractivity contribution is 0.316. The Bertz CT molecular complexity index is 723. The first kappa shape index (κ1) is 11.4. The van der Waals surface area contributed by atoms with Crippen molar-refractivity contribution in [3.63, 3.8) is 0 Å². The molecule has 7 heteroatoms. The summed E-state index contributed by atoms with van der Waals surface area (Å²) in [5.74, 6) is 0.741. The van der Waals surface area contributed by atoms with Crippen molar-refractivity contribution < 1.29 is 4.63 Å².